The summed E-state index contributed by atoms with van der Waals surface area (Å²) in [6.45, 7) is 2.61. The van der Waals surface area contributed by atoms with E-state index in [1.807, 2.05) is 25.1 Å². The Labute approximate surface area is 114 Å². The standard InChI is InChI=1S/C14H21ClN2O/c1-2-18-14-9-5-8-13(17-14)16-12-7-4-3-6-11(12)10-15/h5,8-9,11-12H,2-4,6-7,10H2,1H3,(H,16,17). The summed E-state index contributed by atoms with van der Waals surface area (Å²) >= 11 is 6.04. The highest BCUT2D eigenvalue weighted by Gasteiger charge is 2.24. The zero-order valence-corrected chi connectivity index (χ0v) is 11.6. The van der Waals surface area contributed by atoms with Crippen molar-refractivity contribution < 1.29 is 4.74 Å². The lowest BCUT2D eigenvalue weighted by atomic mass is 9.86. The topological polar surface area (TPSA) is 34.1 Å². The van der Waals surface area contributed by atoms with Crippen LogP contribution >= 0.6 is 11.6 Å². The quantitative estimate of drug-likeness (QED) is 0.827. The number of ether oxygens (including phenoxy) is 1. The first-order valence-corrected chi connectivity index (χ1v) is 7.29. The van der Waals surface area contributed by atoms with Crippen LogP contribution in [0.15, 0.2) is 18.2 Å². The Balaban J connectivity index is 2.00. The smallest absolute Gasteiger partial charge is 0.215 e. The van der Waals surface area contributed by atoms with Gasteiger partial charge in [-0.25, -0.2) is 0 Å². The van der Waals surface area contributed by atoms with Crippen LogP contribution in [0.2, 0.25) is 0 Å². The number of hydrogen-bond acceptors (Lipinski definition) is 3. The molecule has 1 aliphatic rings. The first-order chi connectivity index (χ1) is 8.83. The molecule has 0 bridgehead atoms. The highest BCUT2D eigenvalue weighted by molar-refractivity contribution is 6.18. The van der Waals surface area contributed by atoms with Crippen molar-refractivity contribution in [3.05, 3.63) is 18.2 Å². The minimum atomic E-state index is 0.445. The highest BCUT2D eigenvalue weighted by Crippen LogP contribution is 2.28. The van der Waals surface area contributed by atoms with Gasteiger partial charge in [0.2, 0.25) is 5.88 Å². The van der Waals surface area contributed by atoms with E-state index in [1.54, 1.807) is 0 Å². The maximum absolute atomic E-state index is 6.04. The van der Waals surface area contributed by atoms with Crippen molar-refractivity contribution in [2.75, 3.05) is 17.8 Å². The predicted octanol–water partition coefficient (Wildman–Crippen LogP) is 3.69. The van der Waals surface area contributed by atoms with Crippen LogP contribution in [0, 0.1) is 5.92 Å². The van der Waals surface area contributed by atoms with Gasteiger partial charge in [0.1, 0.15) is 5.82 Å². The van der Waals surface area contributed by atoms with Crippen LogP contribution in [0.25, 0.3) is 0 Å². The Morgan fingerprint density at radius 1 is 1.39 bits per heavy atom. The van der Waals surface area contributed by atoms with Crippen molar-refractivity contribution >= 4 is 17.4 Å². The van der Waals surface area contributed by atoms with Crippen molar-refractivity contribution in [1.82, 2.24) is 4.98 Å². The molecule has 3 nitrogen and oxygen atoms in total. The molecule has 1 aliphatic carbocycles. The minimum absolute atomic E-state index is 0.445. The molecule has 1 N–H and O–H groups in total. The van der Waals surface area contributed by atoms with Crippen molar-refractivity contribution in [3.63, 3.8) is 0 Å². The van der Waals surface area contributed by atoms with Crippen LogP contribution in [0.5, 0.6) is 5.88 Å². The molecule has 0 amide bonds. The number of aromatic nitrogens is 1. The Hall–Kier alpha value is -0.960. The van der Waals surface area contributed by atoms with E-state index in [4.69, 9.17) is 16.3 Å². The SMILES string of the molecule is CCOc1cccc(NC2CCCCC2CCl)n1. The van der Waals surface area contributed by atoms with Crippen molar-refractivity contribution in [1.29, 1.82) is 0 Å². The molecule has 4 heteroatoms. The summed E-state index contributed by atoms with van der Waals surface area (Å²) in [6.07, 6.45) is 4.96. The molecule has 2 rings (SSSR count). The summed E-state index contributed by atoms with van der Waals surface area (Å²) in [7, 11) is 0. The summed E-state index contributed by atoms with van der Waals surface area (Å²) in [5.41, 5.74) is 0. The lowest BCUT2D eigenvalue weighted by molar-refractivity contribution is 0.326. The van der Waals surface area contributed by atoms with Crippen molar-refractivity contribution in [2.45, 2.75) is 38.6 Å². The Morgan fingerprint density at radius 3 is 3.00 bits per heavy atom. The fourth-order valence-corrected chi connectivity index (χ4v) is 2.87. The van der Waals surface area contributed by atoms with Gasteiger partial charge < -0.3 is 10.1 Å². The van der Waals surface area contributed by atoms with E-state index in [2.05, 4.69) is 10.3 Å². The molecule has 0 aliphatic heterocycles. The number of halogens is 1. The van der Waals surface area contributed by atoms with Gasteiger partial charge in [-0.15, -0.1) is 11.6 Å². The summed E-state index contributed by atoms with van der Waals surface area (Å²) in [5.74, 6) is 2.85. The molecular formula is C14H21ClN2O. The first kappa shape index (κ1) is 13.5. The van der Waals surface area contributed by atoms with Crippen LogP contribution < -0.4 is 10.1 Å². The molecule has 0 spiro atoms. The second-order valence-electron chi connectivity index (χ2n) is 4.74. The van der Waals surface area contributed by atoms with Crippen LogP contribution in [-0.4, -0.2) is 23.5 Å². The Bertz CT molecular complexity index is 373. The first-order valence-electron chi connectivity index (χ1n) is 6.76. The van der Waals surface area contributed by atoms with E-state index in [1.165, 1.54) is 25.7 Å². The van der Waals surface area contributed by atoms with Crippen molar-refractivity contribution in [2.24, 2.45) is 5.92 Å². The number of nitrogens with zero attached hydrogens (tertiary/aromatic N) is 1. The summed E-state index contributed by atoms with van der Waals surface area (Å²) < 4.78 is 5.41. The second-order valence-corrected chi connectivity index (χ2v) is 5.05. The van der Waals surface area contributed by atoms with Crippen LogP contribution in [0.1, 0.15) is 32.6 Å². The van der Waals surface area contributed by atoms with Gasteiger partial charge in [-0.3, -0.25) is 0 Å². The number of nitrogens with one attached hydrogen (secondary N) is 1. The zero-order chi connectivity index (χ0) is 12.8. The summed E-state index contributed by atoms with van der Waals surface area (Å²) in [6, 6.07) is 6.29. The van der Waals surface area contributed by atoms with Gasteiger partial charge >= 0.3 is 0 Å². The molecule has 0 saturated heterocycles. The van der Waals surface area contributed by atoms with E-state index in [0.29, 0.717) is 24.4 Å². The molecular weight excluding hydrogens is 248 g/mol. The highest BCUT2D eigenvalue weighted by atomic mass is 35.5. The van der Waals surface area contributed by atoms with Gasteiger partial charge in [-0.05, 0) is 31.7 Å². The lowest BCUT2D eigenvalue weighted by Crippen LogP contribution is -2.33. The third-order valence-electron chi connectivity index (χ3n) is 3.46. The predicted molar refractivity (Wildman–Crippen MR) is 75.5 cm³/mol. The normalized spacial score (nSPS) is 23.7. The zero-order valence-electron chi connectivity index (χ0n) is 10.9. The molecule has 1 aromatic rings. The monoisotopic (exact) mass is 268 g/mol. The third kappa shape index (κ3) is 3.52. The van der Waals surface area contributed by atoms with E-state index in [9.17, 15) is 0 Å². The number of rotatable bonds is 5. The molecule has 0 radical (unpaired) electrons. The number of hydrogen-bond donors (Lipinski definition) is 1. The van der Waals surface area contributed by atoms with Gasteiger partial charge in [0.15, 0.2) is 0 Å². The average Bonchev–Trinajstić information content (AvgIpc) is 2.40. The fraction of sp³-hybridized carbons (Fsp3) is 0.643. The molecule has 0 aromatic carbocycles. The molecule has 1 saturated carbocycles. The third-order valence-corrected chi connectivity index (χ3v) is 3.85. The van der Waals surface area contributed by atoms with Gasteiger partial charge in [0.05, 0.1) is 6.61 Å². The minimum Gasteiger partial charge on any atom is -0.478 e. The van der Waals surface area contributed by atoms with E-state index < -0.39 is 0 Å². The van der Waals surface area contributed by atoms with Crippen LogP contribution in [0.3, 0.4) is 0 Å². The largest absolute Gasteiger partial charge is 0.478 e. The molecule has 2 atom stereocenters. The van der Waals surface area contributed by atoms with E-state index in [0.717, 1.165) is 11.7 Å². The van der Waals surface area contributed by atoms with Gasteiger partial charge in [-0.2, -0.15) is 4.98 Å². The fourth-order valence-electron chi connectivity index (χ4n) is 2.50. The molecule has 1 fully saturated rings. The van der Waals surface area contributed by atoms with Crippen LogP contribution in [0.4, 0.5) is 5.82 Å². The van der Waals surface area contributed by atoms with E-state index >= 15 is 0 Å². The lowest BCUT2D eigenvalue weighted by Gasteiger charge is -2.31. The average molecular weight is 269 g/mol. The number of pyridine rings is 1. The Kier molecular flexibility index (Phi) is 5.12. The molecule has 1 aromatic heterocycles. The van der Waals surface area contributed by atoms with Crippen LogP contribution in [-0.2, 0) is 0 Å². The molecule has 100 valence electrons. The summed E-state index contributed by atoms with van der Waals surface area (Å²) in [5, 5.41) is 3.51. The summed E-state index contributed by atoms with van der Waals surface area (Å²) in [4.78, 5) is 4.45. The molecule has 2 unspecified atom stereocenters. The van der Waals surface area contributed by atoms with E-state index in [-0.39, 0.29) is 0 Å². The van der Waals surface area contributed by atoms with Crippen molar-refractivity contribution in [3.8, 4) is 5.88 Å². The van der Waals surface area contributed by atoms with Gasteiger partial charge in [0.25, 0.3) is 0 Å². The molecule has 18 heavy (non-hydrogen) atoms. The maximum atomic E-state index is 6.04. The number of anilines is 1. The molecule has 1 heterocycles. The van der Waals surface area contributed by atoms with Gasteiger partial charge in [-0.1, -0.05) is 18.9 Å². The second kappa shape index (κ2) is 6.83. The van der Waals surface area contributed by atoms with Gasteiger partial charge in [0, 0.05) is 18.0 Å². The maximum Gasteiger partial charge on any atom is 0.215 e. The number of alkyl halides is 1. The Morgan fingerprint density at radius 2 is 2.22 bits per heavy atom.